The Morgan fingerprint density at radius 2 is 2.00 bits per heavy atom. The van der Waals surface area contributed by atoms with Crippen molar-refractivity contribution >= 4 is 17.2 Å². The molecule has 0 spiro atoms. The van der Waals surface area contributed by atoms with E-state index in [1.807, 2.05) is 24.3 Å². The Hall–Kier alpha value is -2.12. The fourth-order valence-corrected chi connectivity index (χ4v) is 2.42. The Balaban J connectivity index is 1.81. The molecule has 118 valence electrons. The highest BCUT2D eigenvalue weighted by molar-refractivity contribution is 7.09. The second-order valence-electron chi connectivity index (χ2n) is 4.58. The van der Waals surface area contributed by atoms with E-state index in [-0.39, 0.29) is 5.91 Å². The first-order valence-corrected chi connectivity index (χ1v) is 7.68. The lowest BCUT2D eigenvalue weighted by molar-refractivity contribution is 0.0768. The van der Waals surface area contributed by atoms with Crippen LogP contribution in [0.5, 0.6) is 11.5 Å². The van der Waals surface area contributed by atoms with Crippen LogP contribution in [0.15, 0.2) is 29.6 Å². The first kappa shape index (κ1) is 16.3. The fourth-order valence-electron chi connectivity index (χ4n) is 1.77. The average molecular weight is 321 g/mol. The Labute approximate surface area is 133 Å². The average Bonchev–Trinajstić information content (AvgIpc) is 3.03. The maximum atomic E-state index is 12.2. The smallest absolute Gasteiger partial charge is 0.273 e. The number of amides is 1. The summed E-state index contributed by atoms with van der Waals surface area (Å²) in [5.74, 6) is 1.38. The number of ether oxygens (including phenoxy) is 2. The van der Waals surface area contributed by atoms with Crippen molar-refractivity contribution < 1.29 is 14.3 Å². The van der Waals surface area contributed by atoms with Gasteiger partial charge in [-0.2, -0.15) is 0 Å². The molecule has 0 aliphatic heterocycles. The van der Waals surface area contributed by atoms with Gasteiger partial charge in [0.05, 0.1) is 13.7 Å². The van der Waals surface area contributed by atoms with Gasteiger partial charge in [0.1, 0.15) is 28.8 Å². The molecule has 0 atom stereocenters. The van der Waals surface area contributed by atoms with E-state index in [0.29, 0.717) is 25.4 Å². The molecule has 1 aromatic carbocycles. The van der Waals surface area contributed by atoms with Crippen LogP contribution in [-0.4, -0.2) is 43.1 Å². The van der Waals surface area contributed by atoms with E-state index in [4.69, 9.17) is 15.2 Å². The zero-order chi connectivity index (χ0) is 15.9. The lowest BCUT2D eigenvalue weighted by atomic mass is 10.3. The summed E-state index contributed by atoms with van der Waals surface area (Å²) in [5, 5.41) is 2.48. The molecule has 0 aliphatic rings. The third-order valence-corrected chi connectivity index (χ3v) is 3.92. The number of carbonyl (C=O) groups is 1. The van der Waals surface area contributed by atoms with Crippen LogP contribution in [0.1, 0.15) is 15.5 Å². The summed E-state index contributed by atoms with van der Waals surface area (Å²) in [7, 11) is 3.34. The van der Waals surface area contributed by atoms with Crippen molar-refractivity contribution in [2.24, 2.45) is 5.73 Å². The summed E-state index contributed by atoms with van der Waals surface area (Å²) >= 11 is 1.39. The molecule has 0 saturated heterocycles. The van der Waals surface area contributed by atoms with Crippen LogP contribution >= 0.6 is 11.3 Å². The van der Waals surface area contributed by atoms with Crippen molar-refractivity contribution in [1.82, 2.24) is 9.88 Å². The number of thiazole rings is 1. The van der Waals surface area contributed by atoms with E-state index >= 15 is 0 Å². The molecule has 0 unspecified atom stereocenters. The third-order valence-electron chi connectivity index (χ3n) is 3.05. The molecule has 22 heavy (non-hydrogen) atoms. The number of aromatic nitrogens is 1. The number of rotatable bonds is 7. The first-order valence-electron chi connectivity index (χ1n) is 6.81. The number of likely N-dealkylation sites (N-methyl/N-ethyl adjacent to an activating group) is 1. The molecule has 2 N–H and O–H groups in total. The van der Waals surface area contributed by atoms with Gasteiger partial charge in [-0.25, -0.2) is 4.98 Å². The van der Waals surface area contributed by atoms with Crippen molar-refractivity contribution in [3.8, 4) is 11.5 Å². The van der Waals surface area contributed by atoms with Crippen molar-refractivity contribution in [3.63, 3.8) is 0 Å². The largest absolute Gasteiger partial charge is 0.497 e. The first-order chi connectivity index (χ1) is 10.6. The number of methoxy groups -OCH3 is 1. The van der Waals surface area contributed by atoms with Crippen LogP contribution in [0.3, 0.4) is 0 Å². The maximum absolute atomic E-state index is 12.2. The van der Waals surface area contributed by atoms with Crippen molar-refractivity contribution in [2.75, 3.05) is 27.3 Å². The predicted molar refractivity (Wildman–Crippen MR) is 85.5 cm³/mol. The van der Waals surface area contributed by atoms with Crippen LogP contribution in [0.2, 0.25) is 0 Å². The number of hydrogen-bond donors (Lipinski definition) is 1. The fraction of sp³-hybridized carbons (Fsp3) is 0.333. The van der Waals surface area contributed by atoms with Gasteiger partial charge in [0, 0.05) is 19.0 Å². The molecule has 2 aromatic rings. The second-order valence-corrected chi connectivity index (χ2v) is 5.52. The molecule has 2 rings (SSSR count). The monoisotopic (exact) mass is 321 g/mol. The summed E-state index contributed by atoms with van der Waals surface area (Å²) in [6, 6.07) is 7.31. The molecule has 7 heteroatoms. The van der Waals surface area contributed by atoms with Crippen molar-refractivity contribution in [2.45, 2.75) is 6.54 Å². The van der Waals surface area contributed by atoms with E-state index in [0.717, 1.165) is 16.5 Å². The van der Waals surface area contributed by atoms with Gasteiger partial charge in [0.2, 0.25) is 0 Å². The van der Waals surface area contributed by atoms with Crippen LogP contribution < -0.4 is 15.2 Å². The minimum atomic E-state index is -0.130. The van der Waals surface area contributed by atoms with Gasteiger partial charge in [-0.3, -0.25) is 4.79 Å². The molecule has 0 aliphatic carbocycles. The van der Waals surface area contributed by atoms with Crippen LogP contribution in [0.4, 0.5) is 0 Å². The van der Waals surface area contributed by atoms with Gasteiger partial charge >= 0.3 is 0 Å². The third kappa shape index (κ3) is 4.19. The molecule has 0 bridgehead atoms. The number of nitrogens with two attached hydrogens (primary N) is 1. The van der Waals surface area contributed by atoms with Crippen LogP contribution in [0, 0.1) is 0 Å². The van der Waals surface area contributed by atoms with Gasteiger partial charge in [-0.05, 0) is 24.3 Å². The zero-order valence-corrected chi connectivity index (χ0v) is 13.4. The molecule has 6 nitrogen and oxygen atoms in total. The predicted octanol–water partition coefficient (Wildman–Crippen LogP) is 1.76. The summed E-state index contributed by atoms with van der Waals surface area (Å²) in [6.45, 7) is 1.23. The zero-order valence-electron chi connectivity index (χ0n) is 12.6. The molecule has 1 amide bonds. The highest BCUT2D eigenvalue weighted by Crippen LogP contribution is 2.17. The number of hydrogen-bond acceptors (Lipinski definition) is 6. The van der Waals surface area contributed by atoms with E-state index in [9.17, 15) is 4.79 Å². The van der Waals surface area contributed by atoms with Gasteiger partial charge in [0.15, 0.2) is 0 Å². The standard InChI is InChI=1S/C15H19N3O3S/c1-18(15(19)13-10-22-14(9-16)17-13)7-8-21-12-5-3-11(20-2)4-6-12/h3-6,10H,7-9,16H2,1-2H3. The lowest BCUT2D eigenvalue weighted by Crippen LogP contribution is -2.31. The van der Waals surface area contributed by atoms with Crippen LogP contribution in [-0.2, 0) is 6.54 Å². The van der Waals surface area contributed by atoms with Gasteiger partial charge < -0.3 is 20.1 Å². The minimum absolute atomic E-state index is 0.130. The Bertz CT molecular complexity index is 613. The molecular weight excluding hydrogens is 302 g/mol. The topological polar surface area (TPSA) is 77.7 Å². The maximum Gasteiger partial charge on any atom is 0.273 e. The Morgan fingerprint density at radius 3 is 2.59 bits per heavy atom. The summed E-state index contributed by atoms with van der Waals surface area (Å²) in [4.78, 5) is 17.9. The molecule has 0 fully saturated rings. The van der Waals surface area contributed by atoms with Crippen molar-refractivity contribution in [3.05, 3.63) is 40.3 Å². The van der Waals surface area contributed by atoms with Gasteiger partial charge in [-0.1, -0.05) is 0 Å². The van der Waals surface area contributed by atoms with Gasteiger partial charge in [-0.15, -0.1) is 11.3 Å². The summed E-state index contributed by atoms with van der Waals surface area (Å²) in [6.07, 6.45) is 0. The van der Waals surface area contributed by atoms with Gasteiger partial charge in [0.25, 0.3) is 5.91 Å². The van der Waals surface area contributed by atoms with Crippen molar-refractivity contribution in [1.29, 1.82) is 0 Å². The lowest BCUT2D eigenvalue weighted by Gasteiger charge is -2.16. The summed E-state index contributed by atoms with van der Waals surface area (Å²) < 4.78 is 10.7. The molecule has 0 radical (unpaired) electrons. The second kappa shape index (κ2) is 7.77. The number of nitrogens with zero attached hydrogens (tertiary/aromatic N) is 2. The normalized spacial score (nSPS) is 10.3. The minimum Gasteiger partial charge on any atom is -0.497 e. The van der Waals surface area contributed by atoms with E-state index < -0.39 is 0 Å². The van der Waals surface area contributed by atoms with Crippen LogP contribution in [0.25, 0.3) is 0 Å². The quantitative estimate of drug-likeness (QED) is 0.841. The molecule has 1 heterocycles. The molecule has 1 aromatic heterocycles. The Kier molecular flexibility index (Phi) is 5.74. The molecule has 0 saturated carbocycles. The summed E-state index contributed by atoms with van der Waals surface area (Å²) in [5.41, 5.74) is 5.93. The number of benzene rings is 1. The van der Waals surface area contributed by atoms with E-state index in [2.05, 4.69) is 4.98 Å². The highest BCUT2D eigenvalue weighted by Gasteiger charge is 2.15. The van der Waals surface area contributed by atoms with E-state index in [1.54, 1.807) is 24.4 Å². The Morgan fingerprint density at radius 1 is 1.32 bits per heavy atom. The SMILES string of the molecule is COc1ccc(OCCN(C)C(=O)c2csc(CN)n2)cc1. The highest BCUT2D eigenvalue weighted by atomic mass is 32.1. The van der Waals surface area contributed by atoms with E-state index in [1.165, 1.54) is 11.3 Å². The molecular formula is C15H19N3O3S. The number of carbonyl (C=O) groups excluding carboxylic acids is 1.